The minimum Gasteiger partial charge on any atom is -0.442 e. The molecule has 0 spiro atoms. The third kappa shape index (κ3) is 9.90. The summed E-state index contributed by atoms with van der Waals surface area (Å²) in [6, 6.07) is 9.30. The monoisotopic (exact) mass is 743 g/mol. The van der Waals surface area contributed by atoms with Gasteiger partial charge in [0.1, 0.15) is 12.7 Å². The largest absolute Gasteiger partial charge is 0.442 e. The van der Waals surface area contributed by atoms with E-state index in [1.807, 2.05) is 0 Å². The molecule has 0 saturated carbocycles. The summed E-state index contributed by atoms with van der Waals surface area (Å²) in [5, 5.41) is 2.77. The van der Waals surface area contributed by atoms with Gasteiger partial charge in [-0.2, -0.15) is 0 Å². The van der Waals surface area contributed by atoms with Crippen LogP contribution in [0.4, 0.5) is 16.2 Å². The number of hydrogen-bond donors (Lipinski definition) is 3. The zero-order valence-electron chi connectivity index (χ0n) is 25.7. The number of amides is 5. The first-order chi connectivity index (χ1) is 22.2. The van der Waals surface area contributed by atoms with Crippen LogP contribution in [0, 0.1) is 0 Å². The Bertz CT molecular complexity index is 1560. The lowest BCUT2D eigenvalue weighted by atomic mass is 10.1. The Kier molecular flexibility index (Phi) is 14.6. The number of aromatic nitrogens is 2. The highest BCUT2D eigenvalue weighted by atomic mass is 35.5. The van der Waals surface area contributed by atoms with Gasteiger partial charge < -0.3 is 30.4 Å². The molecule has 0 radical (unpaired) electrons. The van der Waals surface area contributed by atoms with E-state index in [9.17, 15) is 24.0 Å². The number of carbonyl (C=O) groups is 5. The minimum absolute atomic E-state index is 0. The van der Waals surface area contributed by atoms with Gasteiger partial charge in [-0.3, -0.25) is 29.0 Å². The van der Waals surface area contributed by atoms with Crippen molar-refractivity contribution in [3.8, 4) is 0 Å². The van der Waals surface area contributed by atoms with E-state index in [1.165, 1.54) is 11.2 Å². The Balaban J connectivity index is 0.00000312. The lowest BCUT2D eigenvalue weighted by Crippen LogP contribution is -2.43. The van der Waals surface area contributed by atoms with Crippen molar-refractivity contribution in [2.75, 3.05) is 49.2 Å². The first kappa shape index (κ1) is 38.7. The number of cyclic esters (lactones) is 1. The summed E-state index contributed by atoms with van der Waals surface area (Å²) in [6.45, 7) is 1.18. The number of anilines is 2. The van der Waals surface area contributed by atoms with Gasteiger partial charge in [0, 0.05) is 49.2 Å². The number of thiophene rings is 1. The number of halogens is 3. The van der Waals surface area contributed by atoms with Gasteiger partial charge in [0.05, 0.1) is 41.3 Å². The Labute approximate surface area is 298 Å². The van der Waals surface area contributed by atoms with Crippen molar-refractivity contribution in [1.29, 1.82) is 0 Å². The molecule has 2 aromatic heterocycles. The number of hydrogen-bond acceptors (Lipinski definition) is 10. The van der Waals surface area contributed by atoms with Crippen LogP contribution in [-0.4, -0.2) is 96.1 Å². The molecular formula is C30H36Cl3N7O7S. The molecule has 48 heavy (non-hydrogen) atoms. The normalized spacial score (nSPS) is 16.4. The van der Waals surface area contributed by atoms with Crippen molar-refractivity contribution in [3.63, 3.8) is 0 Å². The van der Waals surface area contributed by atoms with Gasteiger partial charge in [-0.15, -0.1) is 36.2 Å². The summed E-state index contributed by atoms with van der Waals surface area (Å²) < 4.78 is 11.1. The highest BCUT2D eigenvalue weighted by Gasteiger charge is 2.36. The molecule has 2 fully saturated rings. The van der Waals surface area contributed by atoms with Crippen molar-refractivity contribution in [3.05, 3.63) is 63.8 Å². The highest BCUT2D eigenvalue weighted by Crippen LogP contribution is 2.27. The predicted octanol–water partition coefficient (Wildman–Crippen LogP) is 3.18. The Morgan fingerprint density at radius 3 is 2.48 bits per heavy atom. The van der Waals surface area contributed by atoms with E-state index < -0.39 is 30.1 Å². The number of benzene rings is 1. The average Bonchev–Trinajstić information content (AvgIpc) is 3.81. The van der Waals surface area contributed by atoms with E-state index in [1.54, 1.807) is 47.5 Å². The van der Waals surface area contributed by atoms with Crippen LogP contribution in [0.25, 0.3) is 0 Å². The van der Waals surface area contributed by atoms with Crippen LogP contribution in [0.3, 0.4) is 0 Å². The third-order valence-electron chi connectivity index (χ3n) is 7.50. The van der Waals surface area contributed by atoms with Crippen molar-refractivity contribution >= 4 is 88.8 Å². The molecule has 5 rings (SSSR count). The molecule has 2 saturated heterocycles. The van der Waals surface area contributed by atoms with Crippen molar-refractivity contribution < 1.29 is 33.4 Å². The molecule has 14 nitrogen and oxygen atoms in total. The Morgan fingerprint density at radius 2 is 1.83 bits per heavy atom. The van der Waals surface area contributed by atoms with Crippen LogP contribution in [0.15, 0.2) is 48.9 Å². The van der Waals surface area contributed by atoms with Crippen molar-refractivity contribution in [2.45, 2.75) is 37.8 Å². The molecule has 4 N–H and O–H groups in total. The Morgan fingerprint density at radius 1 is 1.10 bits per heavy atom. The SMILES string of the molecule is Cl.Cl.N[C@@H](Cc1cnc[nH]1)C(=O)NCCCCC(=O)N(C[C@H]1CN(c2ccc(N3CCOCC3=O)cc2)C(=O)O1)C(=O)c1ccc(Cl)s1. The summed E-state index contributed by atoms with van der Waals surface area (Å²) in [4.78, 5) is 75.3. The average molecular weight is 745 g/mol. The standard InChI is InChI=1S/C30H34ClN7O7S.2ClH/c31-25-9-8-24(46-25)29(42)38(26(39)3-1-2-10-34-28(41)23(32)13-19-14-33-18-35-19)16-22-15-37(30(43)45-22)21-6-4-20(5-7-21)36-11-12-44-17-27(36)40;;/h4-9,14,18,22-23H,1-3,10-13,15-17,32H2,(H,33,35)(H,34,41);2*1H/t22-,23+;;/m1../s1. The van der Waals surface area contributed by atoms with Crippen LogP contribution in [0.2, 0.25) is 4.34 Å². The molecular weight excluding hydrogens is 709 g/mol. The molecule has 1 aromatic carbocycles. The molecule has 0 bridgehead atoms. The number of nitrogens with zero attached hydrogens (tertiary/aromatic N) is 4. The summed E-state index contributed by atoms with van der Waals surface area (Å²) in [7, 11) is 0. The first-order valence-electron chi connectivity index (χ1n) is 14.8. The van der Waals surface area contributed by atoms with Gasteiger partial charge in [-0.25, -0.2) is 9.78 Å². The van der Waals surface area contributed by atoms with Crippen molar-refractivity contribution in [2.24, 2.45) is 5.73 Å². The minimum atomic E-state index is -0.771. The van der Waals surface area contributed by atoms with E-state index in [2.05, 4.69) is 15.3 Å². The lowest BCUT2D eigenvalue weighted by molar-refractivity contribution is -0.129. The number of imide groups is 1. The van der Waals surface area contributed by atoms with Crippen LogP contribution in [-0.2, 0) is 30.3 Å². The maximum absolute atomic E-state index is 13.4. The van der Waals surface area contributed by atoms with Gasteiger partial charge in [0.2, 0.25) is 11.8 Å². The number of morpholine rings is 1. The predicted molar refractivity (Wildman–Crippen MR) is 184 cm³/mol. The number of unbranched alkanes of at least 4 members (excludes halogenated alkanes) is 1. The van der Waals surface area contributed by atoms with Gasteiger partial charge in [-0.1, -0.05) is 11.6 Å². The van der Waals surface area contributed by atoms with E-state index in [4.69, 9.17) is 26.8 Å². The Hall–Kier alpha value is -3.73. The summed E-state index contributed by atoms with van der Waals surface area (Å²) in [5.41, 5.74) is 7.95. The highest BCUT2D eigenvalue weighted by molar-refractivity contribution is 7.18. The van der Waals surface area contributed by atoms with E-state index in [0.29, 0.717) is 54.7 Å². The zero-order valence-corrected chi connectivity index (χ0v) is 28.9. The first-order valence-corrected chi connectivity index (χ1v) is 16.0. The fourth-order valence-corrected chi connectivity index (χ4v) is 6.09. The van der Waals surface area contributed by atoms with E-state index >= 15 is 0 Å². The number of nitrogens with one attached hydrogen (secondary N) is 2. The summed E-state index contributed by atoms with van der Waals surface area (Å²) >= 11 is 7.10. The van der Waals surface area contributed by atoms with E-state index in [-0.39, 0.29) is 67.6 Å². The van der Waals surface area contributed by atoms with Gasteiger partial charge in [0.25, 0.3) is 11.8 Å². The van der Waals surface area contributed by atoms with Crippen LogP contribution in [0.5, 0.6) is 0 Å². The molecule has 3 aromatic rings. The number of imidazole rings is 1. The second-order valence-electron chi connectivity index (χ2n) is 10.8. The number of nitrogens with two attached hydrogens (primary N) is 1. The third-order valence-corrected chi connectivity index (χ3v) is 8.72. The number of ether oxygens (including phenoxy) is 2. The maximum Gasteiger partial charge on any atom is 0.414 e. The summed E-state index contributed by atoms with van der Waals surface area (Å²) in [6.07, 6.45) is 2.98. The number of rotatable bonds is 13. The molecule has 260 valence electrons. The molecule has 0 unspecified atom stereocenters. The fourth-order valence-electron chi connectivity index (χ4n) is 5.10. The van der Waals surface area contributed by atoms with Crippen LogP contribution >= 0.6 is 47.8 Å². The molecule has 2 atom stereocenters. The maximum atomic E-state index is 13.4. The summed E-state index contributed by atoms with van der Waals surface area (Å²) in [5.74, 6) is -1.43. The van der Waals surface area contributed by atoms with Crippen LogP contribution < -0.4 is 20.9 Å². The molecule has 4 heterocycles. The second kappa shape index (κ2) is 18.1. The number of aromatic amines is 1. The quantitative estimate of drug-likeness (QED) is 0.222. The number of carbonyl (C=O) groups excluding carboxylic acids is 5. The smallest absolute Gasteiger partial charge is 0.414 e. The zero-order chi connectivity index (χ0) is 32.6. The molecule has 5 amide bonds. The van der Waals surface area contributed by atoms with Gasteiger partial charge in [-0.05, 0) is 49.2 Å². The van der Waals surface area contributed by atoms with Gasteiger partial charge in [0.15, 0.2) is 0 Å². The lowest BCUT2D eigenvalue weighted by Gasteiger charge is -2.27. The fraction of sp³-hybridized carbons (Fsp3) is 0.400. The number of H-pyrrole nitrogens is 1. The second-order valence-corrected chi connectivity index (χ2v) is 12.5. The molecule has 18 heteroatoms. The van der Waals surface area contributed by atoms with Gasteiger partial charge >= 0.3 is 6.09 Å². The molecule has 2 aliphatic rings. The topological polar surface area (TPSA) is 180 Å². The van der Waals surface area contributed by atoms with E-state index in [0.717, 1.165) is 21.9 Å². The molecule has 0 aliphatic carbocycles. The van der Waals surface area contributed by atoms with Crippen LogP contribution in [0.1, 0.15) is 34.6 Å². The van der Waals surface area contributed by atoms with Crippen molar-refractivity contribution in [1.82, 2.24) is 20.2 Å². The molecule has 2 aliphatic heterocycles.